The van der Waals surface area contributed by atoms with Crippen molar-refractivity contribution in [1.82, 2.24) is 20.1 Å². The molecule has 0 unspecified atom stereocenters. The molecule has 2 rings (SSSR count). The van der Waals surface area contributed by atoms with E-state index in [2.05, 4.69) is 35.9 Å². The van der Waals surface area contributed by atoms with Crippen molar-refractivity contribution in [2.45, 2.75) is 32.5 Å². The summed E-state index contributed by atoms with van der Waals surface area (Å²) < 4.78 is 7.42. The third-order valence-electron chi connectivity index (χ3n) is 3.14. The van der Waals surface area contributed by atoms with E-state index in [-0.39, 0.29) is 5.91 Å². The molecule has 23 heavy (non-hydrogen) atoms. The number of carbonyl (C=O) groups excluding carboxylic acids is 1. The number of thioether (sulfide) groups is 1. The van der Waals surface area contributed by atoms with Gasteiger partial charge in [0.15, 0.2) is 11.0 Å². The Morgan fingerprint density at radius 1 is 1.52 bits per heavy atom. The zero-order valence-electron chi connectivity index (χ0n) is 13.7. The van der Waals surface area contributed by atoms with Gasteiger partial charge in [0.25, 0.3) is 0 Å². The predicted octanol–water partition coefficient (Wildman–Crippen LogP) is 2.90. The van der Waals surface area contributed by atoms with Crippen LogP contribution in [0.2, 0.25) is 0 Å². The molecule has 6 nitrogen and oxygen atoms in total. The quantitative estimate of drug-likeness (QED) is 0.593. The number of furan rings is 1. The minimum Gasteiger partial charge on any atom is -0.469 e. The van der Waals surface area contributed by atoms with Crippen LogP contribution in [0.5, 0.6) is 0 Å². The standard InChI is InChI=1S/C16H22N4O2S/c1-5-7-17-14(21)10-23-16-19-18-15(20(16)9-11(2)3)13-6-8-22-12(13)4/h5-6,8,11H,1,7,9-10H2,2-4H3,(H,17,21). The van der Waals surface area contributed by atoms with Gasteiger partial charge in [-0.1, -0.05) is 31.7 Å². The molecular weight excluding hydrogens is 312 g/mol. The lowest BCUT2D eigenvalue weighted by Crippen LogP contribution is -2.25. The fourth-order valence-electron chi connectivity index (χ4n) is 2.11. The summed E-state index contributed by atoms with van der Waals surface area (Å²) in [6, 6.07) is 1.89. The summed E-state index contributed by atoms with van der Waals surface area (Å²) >= 11 is 1.38. The lowest BCUT2D eigenvalue weighted by molar-refractivity contribution is -0.118. The average Bonchev–Trinajstić information content (AvgIpc) is 3.08. The molecule has 1 amide bonds. The molecule has 0 radical (unpaired) electrons. The normalized spacial score (nSPS) is 11.0. The lowest BCUT2D eigenvalue weighted by Gasteiger charge is -2.12. The van der Waals surface area contributed by atoms with E-state index >= 15 is 0 Å². The maximum absolute atomic E-state index is 11.7. The summed E-state index contributed by atoms with van der Waals surface area (Å²) in [5.41, 5.74) is 0.932. The molecule has 0 bridgehead atoms. The molecule has 124 valence electrons. The summed E-state index contributed by atoms with van der Waals surface area (Å²) in [6.45, 7) is 11.0. The van der Waals surface area contributed by atoms with Crippen molar-refractivity contribution in [3.8, 4) is 11.4 Å². The molecule has 7 heteroatoms. The Labute approximate surface area is 140 Å². The smallest absolute Gasteiger partial charge is 0.230 e. The lowest BCUT2D eigenvalue weighted by atomic mass is 10.2. The largest absolute Gasteiger partial charge is 0.469 e. The van der Waals surface area contributed by atoms with Gasteiger partial charge in [-0.15, -0.1) is 16.8 Å². The SMILES string of the molecule is C=CCNC(=O)CSc1nnc(-c2ccoc2C)n1CC(C)C. The number of nitrogens with one attached hydrogen (secondary N) is 1. The third-order valence-corrected chi connectivity index (χ3v) is 4.11. The highest BCUT2D eigenvalue weighted by Crippen LogP contribution is 2.27. The van der Waals surface area contributed by atoms with Crippen LogP contribution in [0.15, 0.2) is 34.6 Å². The molecule has 0 fully saturated rings. The van der Waals surface area contributed by atoms with Crippen molar-refractivity contribution in [3.05, 3.63) is 30.7 Å². The number of aryl methyl sites for hydroxylation is 1. The van der Waals surface area contributed by atoms with E-state index in [1.807, 2.05) is 17.6 Å². The highest BCUT2D eigenvalue weighted by molar-refractivity contribution is 7.99. The Kier molecular flexibility index (Phi) is 6.04. The maximum Gasteiger partial charge on any atom is 0.230 e. The van der Waals surface area contributed by atoms with Gasteiger partial charge >= 0.3 is 0 Å². The van der Waals surface area contributed by atoms with Crippen molar-refractivity contribution >= 4 is 17.7 Å². The summed E-state index contributed by atoms with van der Waals surface area (Å²) in [6.07, 6.45) is 3.30. The molecule has 0 saturated heterocycles. The average molecular weight is 334 g/mol. The summed E-state index contributed by atoms with van der Waals surface area (Å²) in [5, 5.41) is 12.0. The molecule has 2 aromatic heterocycles. The van der Waals surface area contributed by atoms with E-state index in [0.717, 1.165) is 28.8 Å². The van der Waals surface area contributed by atoms with Crippen LogP contribution in [-0.2, 0) is 11.3 Å². The first-order valence-electron chi connectivity index (χ1n) is 7.51. The molecule has 1 N–H and O–H groups in total. The number of aromatic nitrogens is 3. The van der Waals surface area contributed by atoms with Crippen LogP contribution in [0.4, 0.5) is 0 Å². The van der Waals surface area contributed by atoms with Gasteiger partial charge in [0.05, 0.1) is 17.6 Å². The number of hydrogen-bond donors (Lipinski definition) is 1. The molecule has 0 aliphatic heterocycles. The van der Waals surface area contributed by atoms with Crippen LogP contribution in [0.25, 0.3) is 11.4 Å². The van der Waals surface area contributed by atoms with Gasteiger partial charge in [0.2, 0.25) is 5.91 Å². The van der Waals surface area contributed by atoms with Crippen LogP contribution >= 0.6 is 11.8 Å². The topological polar surface area (TPSA) is 73.0 Å². The highest BCUT2D eigenvalue weighted by atomic mass is 32.2. The highest BCUT2D eigenvalue weighted by Gasteiger charge is 2.18. The van der Waals surface area contributed by atoms with Crippen LogP contribution in [0.3, 0.4) is 0 Å². The molecule has 2 heterocycles. The number of amides is 1. The molecule has 0 aromatic carbocycles. The Morgan fingerprint density at radius 2 is 2.30 bits per heavy atom. The molecule has 0 atom stereocenters. The number of nitrogens with zero attached hydrogens (tertiary/aromatic N) is 3. The minimum absolute atomic E-state index is 0.0463. The fraction of sp³-hybridized carbons (Fsp3) is 0.438. The van der Waals surface area contributed by atoms with Crippen molar-refractivity contribution in [3.63, 3.8) is 0 Å². The van der Waals surface area contributed by atoms with E-state index in [1.165, 1.54) is 11.8 Å². The Bertz CT molecular complexity index is 675. The second-order valence-corrected chi connectivity index (χ2v) is 6.53. The second-order valence-electron chi connectivity index (χ2n) is 5.58. The summed E-state index contributed by atoms with van der Waals surface area (Å²) in [7, 11) is 0. The molecule has 0 aliphatic carbocycles. The van der Waals surface area contributed by atoms with Crippen LogP contribution in [0.1, 0.15) is 19.6 Å². The van der Waals surface area contributed by atoms with Crippen molar-refractivity contribution in [2.24, 2.45) is 5.92 Å². The van der Waals surface area contributed by atoms with Crippen LogP contribution in [-0.4, -0.2) is 33.0 Å². The van der Waals surface area contributed by atoms with Gasteiger partial charge in [-0.3, -0.25) is 4.79 Å². The van der Waals surface area contributed by atoms with Crippen molar-refractivity contribution in [2.75, 3.05) is 12.3 Å². The number of carbonyl (C=O) groups is 1. The minimum atomic E-state index is -0.0463. The second kappa shape index (κ2) is 8.01. The third kappa shape index (κ3) is 4.48. The van der Waals surface area contributed by atoms with Gasteiger partial charge < -0.3 is 14.3 Å². The fourth-order valence-corrected chi connectivity index (χ4v) is 2.89. The van der Waals surface area contributed by atoms with Gasteiger partial charge in [0, 0.05) is 13.1 Å². The van der Waals surface area contributed by atoms with Crippen molar-refractivity contribution < 1.29 is 9.21 Å². The van der Waals surface area contributed by atoms with Crippen LogP contribution < -0.4 is 5.32 Å². The zero-order chi connectivity index (χ0) is 16.8. The molecule has 0 spiro atoms. The summed E-state index contributed by atoms with van der Waals surface area (Å²) in [4.78, 5) is 11.7. The molecular formula is C16H22N4O2S. The van der Waals surface area contributed by atoms with Gasteiger partial charge in [-0.2, -0.15) is 0 Å². The molecule has 2 aromatic rings. The maximum atomic E-state index is 11.7. The van der Waals surface area contributed by atoms with E-state index in [0.29, 0.717) is 18.2 Å². The number of rotatable bonds is 8. The van der Waals surface area contributed by atoms with Gasteiger partial charge in [-0.25, -0.2) is 0 Å². The molecule has 0 aliphatic rings. The Hall–Kier alpha value is -2.02. The molecule has 0 saturated carbocycles. The van der Waals surface area contributed by atoms with E-state index in [9.17, 15) is 4.79 Å². The van der Waals surface area contributed by atoms with Crippen LogP contribution in [0, 0.1) is 12.8 Å². The summed E-state index contributed by atoms with van der Waals surface area (Å²) in [5.74, 6) is 2.27. The first-order valence-corrected chi connectivity index (χ1v) is 8.49. The Balaban J connectivity index is 2.19. The number of hydrogen-bond acceptors (Lipinski definition) is 5. The van der Waals surface area contributed by atoms with Gasteiger partial charge in [-0.05, 0) is 18.9 Å². The first-order chi connectivity index (χ1) is 11.0. The predicted molar refractivity (Wildman–Crippen MR) is 91.2 cm³/mol. The zero-order valence-corrected chi connectivity index (χ0v) is 14.5. The van der Waals surface area contributed by atoms with Gasteiger partial charge in [0.1, 0.15) is 5.76 Å². The van der Waals surface area contributed by atoms with E-state index in [4.69, 9.17) is 4.42 Å². The monoisotopic (exact) mass is 334 g/mol. The van der Waals surface area contributed by atoms with E-state index < -0.39 is 0 Å². The Morgan fingerprint density at radius 3 is 2.91 bits per heavy atom. The van der Waals surface area contributed by atoms with E-state index in [1.54, 1.807) is 12.3 Å². The van der Waals surface area contributed by atoms with Crippen molar-refractivity contribution in [1.29, 1.82) is 0 Å². The first kappa shape index (κ1) is 17.3.